The van der Waals surface area contributed by atoms with Gasteiger partial charge in [0.05, 0.1) is 0 Å². The Hall–Kier alpha value is -2.30. The van der Waals surface area contributed by atoms with Crippen LogP contribution < -0.4 is 15.6 Å². The van der Waals surface area contributed by atoms with Gasteiger partial charge in [-0.05, 0) is 37.8 Å². The first-order valence-electron chi connectivity index (χ1n) is 7.09. The summed E-state index contributed by atoms with van der Waals surface area (Å²) in [6, 6.07) is 7.46. The van der Waals surface area contributed by atoms with Crippen molar-refractivity contribution in [3.63, 3.8) is 0 Å². The van der Waals surface area contributed by atoms with Gasteiger partial charge in [0, 0.05) is 5.92 Å². The third kappa shape index (κ3) is 4.63. The zero-order chi connectivity index (χ0) is 15.1. The molecule has 0 radical (unpaired) electrons. The smallest absolute Gasteiger partial charge is 0.276 e. The van der Waals surface area contributed by atoms with E-state index in [1.807, 2.05) is 31.2 Å². The molecule has 0 heterocycles. The van der Waals surface area contributed by atoms with Gasteiger partial charge in [0.15, 0.2) is 6.61 Å². The van der Waals surface area contributed by atoms with Crippen LogP contribution in [-0.4, -0.2) is 18.4 Å². The molecular weight excluding hydrogens is 268 g/mol. The van der Waals surface area contributed by atoms with Crippen molar-refractivity contribution in [2.24, 2.45) is 5.92 Å². The number of amides is 2. The number of benzene rings is 1. The van der Waals surface area contributed by atoms with Crippen LogP contribution in [0.15, 0.2) is 36.4 Å². The summed E-state index contributed by atoms with van der Waals surface area (Å²) in [5.41, 5.74) is 5.79. The maximum absolute atomic E-state index is 11.8. The summed E-state index contributed by atoms with van der Waals surface area (Å²) in [7, 11) is 0. The summed E-state index contributed by atoms with van der Waals surface area (Å²) in [6.07, 6.45) is 6.51. The van der Waals surface area contributed by atoms with Gasteiger partial charge in [0.2, 0.25) is 5.91 Å². The SMILES string of the molecule is Cc1ccccc1OCC(=O)NNC(=O)[C@@H]1CC=CCC1. The van der Waals surface area contributed by atoms with Gasteiger partial charge in [0.1, 0.15) is 5.75 Å². The molecule has 0 unspecified atom stereocenters. The molecule has 2 rings (SSSR count). The number of allylic oxidation sites excluding steroid dienone is 2. The topological polar surface area (TPSA) is 67.4 Å². The number of hydrogen-bond donors (Lipinski definition) is 2. The van der Waals surface area contributed by atoms with Gasteiger partial charge in [-0.15, -0.1) is 0 Å². The van der Waals surface area contributed by atoms with Gasteiger partial charge < -0.3 is 4.74 Å². The third-order valence-electron chi connectivity index (χ3n) is 3.42. The standard InChI is InChI=1S/C16H20N2O3/c1-12-7-5-6-10-14(12)21-11-15(19)17-18-16(20)13-8-3-2-4-9-13/h2-3,5-7,10,13H,4,8-9,11H2,1H3,(H,17,19)(H,18,20)/t13-/m1/s1. The second-order valence-electron chi connectivity index (χ2n) is 5.07. The average molecular weight is 288 g/mol. The minimum absolute atomic E-state index is 0.0624. The quantitative estimate of drug-likeness (QED) is 0.656. The lowest BCUT2D eigenvalue weighted by Gasteiger charge is -2.17. The summed E-state index contributed by atoms with van der Waals surface area (Å²) >= 11 is 0. The van der Waals surface area contributed by atoms with Crippen molar-refractivity contribution in [2.45, 2.75) is 26.2 Å². The van der Waals surface area contributed by atoms with Crippen molar-refractivity contribution in [3.8, 4) is 5.75 Å². The molecule has 5 nitrogen and oxygen atoms in total. The molecule has 0 fully saturated rings. The number of rotatable bonds is 4. The van der Waals surface area contributed by atoms with Crippen LogP contribution in [-0.2, 0) is 9.59 Å². The Morgan fingerprint density at radius 3 is 2.76 bits per heavy atom. The predicted octanol–water partition coefficient (Wildman–Crippen LogP) is 1.88. The van der Waals surface area contributed by atoms with Crippen LogP contribution in [0.2, 0.25) is 0 Å². The largest absolute Gasteiger partial charge is 0.483 e. The number of hydrazine groups is 1. The first-order chi connectivity index (χ1) is 10.2. The van der Waals surface area contributed by atoms with Gasteiger partial charge in [0.25, 0.3) is 5.91 Å². The fraction of sp³-hybridized carbons (Fsp3) is 0.375. The molecule has 1 aromatic carbocycles. The highest BCUT2D eigenvalue weighted by Gasteiger charge is 2.18. The van der Waals surface area contributed by atoms with Gasteiger partial charge in [-0.1, -0.05) is 30.4 Å². The molecule has 0 aromatic heterocycles. The van der Waals surface area contributed by atoms with E-state index >= 15 is 0 Å². The molecule has 2 amide bonds. The minimum atomic E-state index is -0.377. The molecule has 5 heteroatoms. The summed E-state index contributed by atoms with van der Waals surface area (Å²) in [6.45, 7) is 1.78. The lowest BCUT2D eigenvalue weighted by molar-refractivity contribution is -0.132. The first-order valence-corrected chi connectivity index (χ1v) is 7.09. The average Bonchev–Trinajstić information content (AvgIpc) is 2.52. The van der Waals surface area contributed by atoms with Gasteiger partial charge >= 0.3 is 0 Å². The Bertz CT molecular complexity index is 540. The molecule has 1 atom stereocenters. The third-order valence-corrected chi connectivity index (χ3v) is 3.42. The number of aryl methyl sites for hydroxylation is 1. The van der Waals surface area contributed by atoms with Crippen LogP contribution in [0.25, 0.3) is 0 Å². The van der Waals surface area contributed by atoms with Crippen molar-refractivity contribution < 1.29 is 14.3 Å². The van der Waals surface area contributed by atoms with Gasteiger partial charge in [-0.3, -0.25) is 20.4 Å². The number of nitrogens with one attached hydrogen (secondary N) is 2. The summed E-state index contributed by atoms with van der Waals surface area (Å²) in [5, 5.41) is 0. The first kappa shape index (κ1) is 15.1. The van der Waals surface area contributed by atoms with Crippen LogP contribution in [0.4, 0.5) is 0 Å². The summed E-state index contributed by atoms with van der Waals surface area (Å²) in [5.74, 6) is 0.0746. The molecule has 1 aromatic rings. The van der Waals surface area contributed by atoms with Crippen molar-refractivity contribution >= 4 is 11.8 Å². The molecule has 0 saturated carbocycles. The predicted molar refractivity (Wildman–Crippen MR) is 79.4 cm³/mol. The van der Waals surface area contributed by atoms with E-state index in [9.17, 15) is 9.59 Å². The van der Waals surface area contributed by atoms with Gasteiger partial charge in [-0.2, -0.15) is 0 Å². The van der Waals surface area contributed by atoms with Crippen LogP contribution in [0.3, 0.4) is 0 Å². The Kier molecular flexibility index (Phi) is 5.37. The second kappa shape index (κ2) is 7.47. The number of carbonyl (C=O) groups excluding carboxylic acids is 2. The molecule has 2 N–H and O–H groups in total. The van der Waals surface area contributed by atoms with Crippen LogP contribution in [0.5, 0.6) is 5.75 Å². The number of ether oxygens (including phenoxy) is 1. The van der Waals surface area contributed by atoms with E-state index in [2.05, 4.69) is 16.9 Å². The lowest BCUT2D eigenvalue weighted by Crippen LogP contribution is -2.46. The van der Waals surface area contributed by atoms with E-state index < -0.39 is 0 Å². The van der Waals surface area contributed by atoms with Crippen LogP contribution in [0.1, 0.15) is 24.8 Å². The maximum Gasteiger partial charge on any atom is 0.276 e. The molecule has 0 spiro atoms. The molecule has 0 bridgehead atoms. The van der Waals surface area contributed by atoms with Crippen molar-refractivity contribution in [2.75, 3.05) is 6.61 Å². The lowest BCUT2D eigenvalue weighted by atomic mass is 9.94. The molecule has 112 valence electrons. The Morgan fingerprint density at radius 2 is 2.05 bits per heavy atom. The zero-order valence-corrected chi connectivity index (χ0v) is 12.1. The molecule has 1 aliphatic rings. The molecule has 0 aliphatic heterocycles. The molecule has 21 heavy (non-hydrogen) atoms. The monoisotopic (exact) mass is 288 g/mol. The fourth-order valence-electron chi connectivity index (χ4n) is 2.16. The van der Waals surface area contributed by atoms with Gasteiger partial charge in [-0.25, -0.2) is 0 Å². The molecular formula is C16H20N2O3. The number of hydrogen-bond acceptors (Lipinski definition) is 3. The number of carbonyl (C=O) groups is 2. The second-order valence-corrected chi connectivity index (χ2v) is 5.07. The van der Waals surface area contributed by atoms with E-state index in [0.29, 0.717) is 5.75 Å². The van der Waals surface area contributed by atoms with Crippen molar-refractivity contribution in [1.82, 2.24) is 10.9 Å². The molecule has 1 aliphatic carbocycles. The fourth-order valence-corrected chi connectivity index (χ4v) is 2.16. The highest BCUT2D eigenvalue weighted by atomic mass is 16.5. The van der Waals surface area contributed by atoms with E-state index in [1.165, 1.54) is 0 Å². The highest BCUT2D eigenvalue weighted by molar-refractivity contribution is 5.84. The zero-order valence-electron chi connectivity index (χ0n) is 12.1. The highest BCUT2D eigenvalue weighted by Crippen LogP contribution is 2.17. The Morgan fingerprint density at radius 1 is 1.24 bits per heavy atom. The molecule has 0 saturated heterocycles. The van der Waals surface area contributed by atoms with Crippen LogP contribution in [0, 0.1) is 12.8 Å². The summed E-state index contributed by atoms with van der Waals surface area (Å²) < 4.78 is 5.40. The van der Waals surface area contributed by atoms with E-state index in [4.69, 9.17) is 4.74 Å². The Balaban J connectivity index is 1.71. The normalized spacial score (nSPS) is 17.1. The van der Waals surface area contributed by atoms with E-state index in [0.717, 1.165) is 24.8 Å². The maximum atomic E-state index is 11.8. The summed E-state index contributed by atoms with van der Waals surface area (Å²) in [4.78, 5) is 23.5. The minimum Gasteiger partial charge on any atom is -0.483 e. The van der Waals surface area contributed by atoms with Crippen molar-refractivity contribution in [1.29, 1.82) is 0 Å². The van der Waals surface area contributed by atoms with Crippen LogP contribution >= 0.6 is 0 Å². The van der Waals surface area contributed by atoms with E-state index in [1.54, 1.807) is 6.07 Å². The number of para-hydroxylation sites is 1. The van der Waals surface area contributed by atoms with E-state index in [-0.39, 0.29) is 24.3 Å². The Labute approximate surface area is 124 Å². The van der Waals surface area contributed by atoms with Crippen molar-refractivity contribution in [3.05, 3.63) is 42.0 Å².